The van der Waals surface area contributed by atoms with Gasteiger partial charge in [0.05, 0.1) is 22.3 Å². The first-order valence-corrected chi connectivity index (χ1v) is 7.59. The fourth-order valence-electron chi connectivity index (χ4n) is 3.07. The van der Waals surface area contributed by atoms with E-state index in [-0.39, 0.29) is 17.7 Å². The van der Waals surface area contributed by atoms with Crippen molar-refractivity contribution in [2.24, 2.45) is 0 Å². The van der Waals surface area contributed by atoms with Crippen LogP contribution in [0, 0.1) is 5.82 Å². The van der Waals surface area contributed by atoms with Crippen LogP contribution in [-0.2, 0) is 9.59 Å². The lowest BCUT2D eigenvalue weighted by Crippen LogP contribution is -2.54. The highest BCUT2D eigenvalue weighted by atomic mass is 19.1. The molecule has 1 atom stereocenters. The van der Waals surface area contributed by atoms with Crippen molar-refractivity contribution in [3.63, 3.8) is 0 Å². The van der Waals surface area contributed by atoms with E-state index in [1.807, 2.05) is 5.32 Å². The molecule has 3 aliphatic rings. The van der Waals surface area contributed by atoms with Gasteiger partial charge in [0.15, 0.2) is 0 Å². The van der Waals surface area contributed by atoms with Gasteiger partial charge >= 0.3 is 0 Å². The number of carbonyl (C=O) groups is 4. The van der Waals surface area contributed by atoms with Crippen molar-refractivity contribution in [1.29, 1.82) is 0 Å². The summed E-state index contributed by atoms with van der Waals surface area (Å²) >= 11 is 0. The number of benzene rings is 1. The Labute approximate surface area is 159 Å². The van der Waals surface area contributed by atoms with Crippen LogP contribution in [0.25, 0.3) is 0 Å². The molecule has 0 aliphatic carbocycles. The first kappa shape index (κ1) is 9.77. The number of imide groups is 2. The van der Waals surface area contributed by atoms with Crippen LogP contribution in [-0.4, -0.2) is 60.6 Å². The smallest absolute Gasteiger partial charge is 0.264 e. The monoisotopic (exact) mass is 368 g/mol. The van der Waals surface area contributed by atoms with Gasteiger partial charge in [-0.25, -0.2) is 4.39 Å². The van der Waals surface area contributed by atoms with Gasteiger partial charge in [0.25, 0.3) is 11.8 Å². The molecule has 1 unspecified atom stereocenters. The minimum Gasteiger partial charge on any atom is -0.366 e. The molecule has 26 heavy (non-hydrogen) atoms. The molecule has 1 aromatic rings. The molecule has 1 aromatic carbocycles. The van der Waals surface area contributed by atoms with E-state index in [1.54, 1.807) is 5.32 Å². The average Bonchev–Trinajstić information content (AvgIpc) is 2.92. The van der Waals surface area contributed by atoms with Gasteiger partial charge in [0.1, 0.15) is 11.9 Å². The second-order valence-corrected chi connectivity index (χ2v) is 5.70. The van der Waals surface area contributed by atoms with Gasteiger partial charge in [0, 0.05) is 37.9 Å². The van der Waals surface area contributed by atoms with Crippen molar-refractivity contribution in [3.8, 4) is 0 Å². The number of halogens is 1. The van der Waals surface area contributed by atoms with Crippen molar-refractivity contribution in [1.82, 2.24) is 15.5 Å². The molecule has 4 amide bonds. The number of rotatable bonds is 2. The van der Waals surface area contributed by atoms with Crippen LogP contribution in [0.3, 0.4) is 0 Å². The summed E-state index contributed by atoms with van der Waals surface area (Å²) in [7, 11) is 0. The molecule has 2 N–H and O–H groups in total. The molecule has 0 aromatic heterocycles. The van der Waals surface area contributed by atoms with Gasteiger partial charge in [-0.15, -0.1) is 0 Å². The zero-order valence-electron chi connectivity index (χ0n) is 21.1. The number of carbonyl (C=O) groups excluding carboxylic acids is 4. The molecule has 8 nitrogen and oxygen atoms in total. The highest BCUT2D eigenvalue weighted by Gasteiger charge is 2.46. The molecule has 9 heteroatoms. The molecule has 0 saturated carbocycles. The Morgan fingerprint density at radius 3 is 2.54 bits per heavy atom. The van der Waals surface area contributed by atoms with Crippen LogP contribution < -0.4 is 15.5 Å². The summed E-state index contributed by atoms with van der Waals surface area (Å²) in [6, 6.07) is 0.0549. The molecule has 0 bridgehead atoms. The Hall–Kier alpha value is -2.81. The SMILES string of the molecule is [2H]C1([2H])NC([2H])([2H])C([2H])([2H])N(c2c(F)ccc3c2C(=O)N(C2CCC(=O)NC2=O)C3=O)C1([2H])[2H]. The van der Waals surface area contributed by atoms with E-state index in [1.165, 1.54) is 0 Å². The van der Waals surface area contributed by atoms with Gasteiger partial charge in [-0.2, -0.15) is 0 Å². The minimum absolute atomic E-state index is 0.163. The van der Waals surface area contributed by atoms with E-state index in [4.69, 9.17) is 11.0 Å². The molecule has 4 rings (SSSR count). The predicted octanol–water partition coefficient (Wildman–Crippen LogP) is -0.364. The first-order chi connectivity index (χ1) is 15.5. The largest absolute Gasteiger partial charge is 0.366 e. The maximum absolute atomic E-state index is 15.2. The molecular formula is C17H17FN4O4. The van der Waals surface area contributed by atoms with E-state index in [0.29, 0.717) is 11.0 Å². The summed E-state index contributed by atoms with van der Waals surface area (Å²) in [5.74, 6) is -5.40. The third kappa shape index (κ3) is 2.47. The average molecular weight is 368 g/mol. The topological polar surface area (TPSA) is 98.8 Å². The molecule has 0 spiro atoms. The highest BCUT2D eigenvalue weighted by Crippen LogP contribution is 2.36. The number of nitrogens with zero attached hydrogens (tertiary/aromatic N) is 2. The van der Waals surface area contributed by atoms with Crippen molar-refractivity contribution >= 4 is 29.3 Å². The predicted molar refractivity (Wildman–Crippen MR) is 88.2 cm³/mol. The van der Waals surface area contributed by atoms with Crippen molar-refractivity contribution in [2.45, 2.75) is 18.9 Å². The van der Waals surface area contributed by atoms with E-state index in [2.05, 4.69) is 0 Å². The Morgan fingerprint density at radius 1 is 1.12 bits per heavy atom. The second kappa shape index (κ2) is 6.17. The van der Waals surface area contributed by atoms with Gasteiger partial charge in [-0.3, -0.25) is 29.4 Å². The number of amides is 4. The van der Waals surface area contributed by atoms with E-state index in [9.17, 15) is 19.2 Å². The summed E-state index contributed by atoms with van der Waals surface area (Å²) in [6.07, 6.45) is -0.428. The molecule has 0 radical (unpaired) electrons. The summed E-state index contributed by atoms with van der Waals surface area (Å²) in [5, 5.41) is 3.57. The van der Waals surface area contributed by atoms with Gasteiger partial charge < -0.3 is 10.2 Å². The normalized spacial score (nSPS) is 35.7. The standard InChI is InChI=1S/C17H17FN4O4/c18-10-2-1-9-13(14(10)21-7-5-19-6-8-21)17(26)22(16(9)25)11-3-4-12(23)20-15(11)24/h1-2,11,19H,3-8H2,(H,20,23,24)/i5D2,6D2,7D2,8D2. The van der Waals surface area contributed by atoms with Crippen molar-refractivity contribution < 1.29 is 34.5 Å². The molecular weight excluding hydrogens is 343 g/mol. The number of nitrogens with one attached hydrogen (secondary N) is 2. The van der Waals surface area contributed by atoms with Crippen molar-refractivity contribution in [2.75, 3.05) is 30.9 Å². The fourth-order valence-corrected chi connectivity index (χ4v) is 3.07. The summed E-state index contributed by atoms with van der Waals surface area (Å²) < 4.78 is 79.6. The number of hydrogen-bond acceptors (Lipinski definition) is 6. The molecule has 136 valence electrons. The molecule has 2 fully saturated rings. The molecule has 3 aliphatic heterocycles. The van der Waals surface area contributed by atoms with E-state index < -0.39 is 78.3 Å². The van der Waals surface area contributed by atoms with Gasteiger partial charge in [0.2, 0.25) is 11.8 Å². The Morgan fingerprint density at radius 2 is 1.85 bits per heavy atom. The van der Waals surface area contributed by atoms with E-state index >= 15 is 4.39 Å². The van der Waals surface area contributed by atoms with Crippen LogP contribution in [0.4, 0.5) is 10.1 Å². The third-order valence-electron chi connectivity index (χ3n) is 4.22. The van der Waals surface area contributed by atoms with Crippen LogP contribution in [0.15, 0.2) is 12.1 Å². The highest BCUT2D eigenvalue weighted by molar-refractivity contribution is 6.25. The van der Waals surface area contributed by atoms with Gasteiger partial charge in [-0.1, -0.05) is 0 Å². The van der Waals surface area contributed by atoms with Crippen molar-refractivity contribution in [3.05, 3.63) is 29.1 Å². The summed E-state index contributed by atoms with van der Waals surface area (Å²) in [4.78, 5) is 50.3. The summed E-state index contributed by atoms with van der Waals surface area (Å²) in [5.41, 5.74) is -2.54. The van der Waals surface area contributed by atoms with Crippen LogP contribution in [0.5, 0.6) is 0 Å². The Bertz CT molecular complexity index is 1130. The number of piperazine rings is 1. The fraction of sp³-hybridized carbons (Fsp3) is 0.412. The van der Waals surface area contributed by atoms with Crippen LogP contribution >= 0.6 is 0 Å². The van der Waals surface area contributed by atoms with Crippen LogP contribution in [0.1, 0.15) is 44.5 Å². The lowest BCUT2D eigenvalue weighted by Gasteiger charge is -2.31. The third-order valence-corrected chi connectivity index (χ3v) is 4.22. The number of hydrogen-bond donors (Lipinski definition) is 2. The maximum Gasteiger partial charge on any atom is 0.264 e. The summed E-state index contributed by atoms with van der Waals surface area (Å²) in [6.45, 7) is -13.5. The number of piperidine rings is 1. The lowest BCUT2D eigenvalue weighted by atomic mass is 10.0. The first-order valence-electron chi connectivity index (χ1n) is 11.6. The minimum atomic E-state index is -3.47. The molecule has 2 saturated heterocycles. The number of fused-ring (bicyclic) bond motifs is 1. The van der Waals surface area contributed by atoms with Gasteiger partial charge in [-0.05, 0) is 18.6 Å². The maximum atomic E-state index is 15.2. The zero-order chi connectivity index (χ0) is 25.6. The Kier molecular flexibility index (Phi) is 2.32. The van der Waals surface area contributed by atoms with Crippen LogP contribution in [0.2, 0.25) is 0 Å². The molecule has 3 heterocycles. The second-order valence-electron chi connectivity index (χ2n) is 5.70. The zero-order valence-corrected chi connectivity index (χ0v) is 13.1. The quantitative estimate of drug-likeness (QED) is 0.692. The Balaban J connectivity index is 1.92. The lowest BCUT2D eigenvalue weighted by molar-refractivity contribution is -0.136. The number of anilines is 1. The van der Waals surface area contributed by atoms with E-state index in [0.717, 1.165) is 6.07 Å².